The zero-order chi connectivity index (χ0) is 11.6. The second kappa shape index (κ2) is 4.34. The molecule has 0 N–H and O–H groups in total. The molecule has 4 heteroatoms. The third-order valence-corrected chi connectivity index (χ3v) is 3.64. The zero-order valence-corrected chi connectivity index (χ0v) is 11.3. The van der Waals surface area contributed by atoms with Gasteiger partial charge in [-0.05, 0) is 41.5 Å². The largest absolute Gasteiger partial charge is 0.331 e. The van der Waals surface area contributed by atoms with Crippen molar-refractivity contribution in [2.75, 3.05) is 6.16 Å². The number of hydrogen-bond acceptors (Lipinski definition) is 3. The summed E-state index contributed by atoms with van der Waals surface area (Å²) in [4.78, 5) is 0. The molecule has 0 atom stereocenters. The van der Waals surface area contributed by atoms with Gasteiger partial charge in [0.25, 0.3) is 0 Å². The van der Waals surface area contributed by atoms with Crippen LogP contribution in [-0.4, -0.2) is 17.4 Å². The second-order valence-electron chi connectivity index (χ2n) is 5.33. The van der Waals surface area contributed by atoms with Gasteiger partial charge in [-0.1, -0.05) is 6.92 Å². The lowest BCUT2D eigenvalue weighted by molar-refractivity contribution is 0.0498. The molecule has 0 unspecified atom stereocenters. The number of hydrogen-bond donors (Lipinski definition) is 0. The van der Waals surface area contributed by atoms with Crippen molar-refractivity contribution >= 4 is 7.60 Å². The fourth-order valence-electron chi connectivity index (χ4n) is 0.982. The molecule has 0 aromatic carbocycles. The summed E-state index contributed by atoms with van der Waals surface area (Å²) >= 11 is 0. The molecule has 3 nitrogen and oxygen atoms in total. The van der Waals surface area contributed by atoms with Gasteiger partial charge in [0.15, 0.2) is 0 Å². The fourth-order valence-corrected chi connectivity index (χ4v) is 2.95. The molecule has 0 saturated carbocycles. The zero-order valence-electron chi connectivity index (χ0n) is 10.4. The van der Waals surface area contributed by atoms with Crippen molar-refractivity contribution < 1.29 is 13.6 Å². The first-order valence-corrected chi connectivity index (χ1v) is 6.71. The van der Waals surface area contributed by atoms with Gasteiger partial charge in [0, 0.05) is 6.16 Å². The maximum absolute atomic E-state index is 12.2. The molecule has 0 spiro atoms. The minimum atomic E-state index is -2.94. The molecule has 0 saturated heterocycles. The SMILES string of the molecule is CCP(=O)(OC(C)(C)C)OC(C)(C)C. The molecule has 86 valence electrons. The van der Waals surface area contributed by atoms with Gasteiger partial charge < -0.3 is 9.05 Å². The van der Waals surface area contributed by atoms with Crippen LogP contribution in [0.15, 0.2) is 0 Å². The summed E-state index contributed by atoms with van der Waals surface area (Å²) in [6.07, 6.45) is 0.404. The standard InChI is InChI=1S/C10H23O3P/c1-8-14(11,12-9(2,3)4)13-10(5,6)7/h8H2,1-7H3. The van der Waals surface area contributed by atoms with Gasteiger partial charge in [0.2, 0.25) is 0 Å². The van der Waals surface area contributed by atoms with Crippen molar-refractivity contribution in [2.24, 2.45) is 0 Å². The summed E-state index contributed by atoms with van der Waals surface area (Å²) in [7, 11) is -2.94. The Bertz CT molecular complexity index is 203. The van der Waals surface area contributed by atoms with Gasteiger partial charge in [-0.15, -0.1) is 0 Å². The maximum atomic E-state index is 12.2. The molecular weight excluding hydrogens is 199 g/mol. The van der Waals surface area contributed by atoms with E-state index in [-0.39, 0.29) is 0 Å². The average Bonchev–Trinajstić information content (AvgIpc) is 1.78. The molecule has 0 aliphatic carbocycles. The van der Waals surface area contributed by atoms with Gasteiger partial charge in [-0.3, -0.25) is 4.57 Å². The lowest BCUT2D eigenvalue weighted by atomic mass is 10.2. The van der Waals surface area contributed by atoms with E-state index in [9.17, 15) is 4.57 Å². The molecule has 0 aliphatic heterocycles. The van der Waals surface area contributed by atoms with E-state index >= 15 is 0 Å². The van der Waals surface area contributed by atoms with Crippen LogP contribution in [-0.2, 0) is 13.6 Å². The molecule has 0 amide bonds. The monoisotopic (exact) mass is 222 g/mol. The Balaban J connectivity index is 4.59. The van der Waals surface area contributed by atoms with Crippen LogP contribution in [0.2, 0.25) is 0 Å². The second-order valence-corrected chi connectivity index (χ2v) is 7.55. The number of rotatable bonds is 3. The van der Waals surface area contributed by atoms with E-state index in [0.29, 0.717) is 6.16 Å². The van der Waals surface area contributed by atoms with Crippen LogP contribution in [0.3, 0.4) is 0 Å². The highest BCUT2D eigenvalue weighted by molar-refractivity contribution is 7.53. The van der Waals surface area contributed by atoms with Gasteiger partial charge in [-0.25, -0.2) is 0 Å². The molecule has 0 aromatic rings. The summed E-state index contributed by atoms with van der Waals surface area (Å²) in [5, 5.41) is 0. The Morgan fingerprint density at radius 3 is 1.36 bits per heavy atom. The summed E-state index contributed by atoms with van der Waals surface area (Å²) in [6, 6.07) is 0. The molecule has 14 heavy (non-hydrogen) atoms. The Kier molecular flexibility index (Phi) is 4.39. The Morgan fingerprint density at radius 1 is 0.929 bits per heavy atom. The van der Waals surface area contributed by atoms with E-state index in [2.05, 4.69) is 0 Å². The van der Waals surface area contributed by atoms with Crippen LogP contribution in [0.4, 0.5) is 0 Å². The van der Waals surface area contributed by atoms with Crippen LogP contribution < -0.4 is 0 Å². The van der Waals surface area contributed by atoms with Gasteiger partial charge >= 0.3 is 7.60 Å². The molecule has 0 fully saturated rings. The van der Waals surface area contributed by atoms with Crippen molar-refractivity contribution in [3.63, 3.8) is 0 Å². The summed E-state index contributed by atoms with van der Waals surface area (Å²) in [5.74, 6) is 0. The van der Waals surface area contributed by atoms with Crippen LogP contribution in [0.5, 0.6) is 0 Å². The van der Waals surface area contributed by atoms with Crippen molar-refractivity contribution in [1.82, 2.24) is 0 Å². The topological polar surface area (TPSA) is 35.5 Å². The minimum absolute atomic E-state index is 0.404. The van der Waals surface area contributed by atoms with E-state index in [4.69, 9.17) is 9.05 Å². The molecule has 0 aliphatic rings. The van der Waals surface area contributed by atoms with Crippen molar-refractivity contribution in [3.05, 3.63) is 0 Å². The van der Waals surface area contributed by atoms with Crippen molar-refractivity contribution in [1.29, 1.82) is 0 Å². The average molecular weight is 222 g/mol. The highest BCUT2D eigenvalue weighted by atomic mass is 31.2. The molecular formula is C10H23O3P. The van der Waals surface area contributed by atoms with Gasteiger partial charge in [0.05, 0.1) is 11.2 Å². The molecule has 0 aromatic heterocycles. The van der Waals surface area contributed by atoms with Crippen LogP contribution >= 0.6 is 7.60 Å². The first-order valence-electron chi connectivity index (χ1n) is 4.98. The summed E-state index contributed by atoms with van der Waals surface area (Å²) < 4.78 is 23.1. The third kappa shape index (κ3) is 6.58. The van der Waals surface area contributed by atoms with Crippen LogP contribution in [0, 0.1) is 0 Å². The quantitative estimate of drug-likeness (QED) is 0.681. The Morgan fingerprint density at radius 2 is 1.21 bits per heavy atom. The van der Waals surface area contributed by atoms with E-state index < -0.39 is 18.8 Å². The highest BCUT2D eigenvalue weighted by Gasteiger charge is 2.33. The van der Waals surface area contributed by atoms with Crippen molar-refractivity contribution in [2.45, 2.75) is 59.7 Å². The van der Waals surface area contributed by atoms with Crippen LogP contribution in [0.1, 0.15) is 48.5 Å². The summed E-state index contributed by atoms with van der Waals surface area (Å²) in [6.45, 7) is 13.1. The Hall–Kier alpha value is 0.150. The highest BCUT2D eigenvalue weighted by Crippen LogP contribution is 2.53. The van der Waals surface area contributed by atoms with Gasteiger partial charge in [0.1, 0.15) is 0 Å². The predicted molar refractivity (Wildman–Crippen MR) is 59.8 cm³/mol. The fraction of sp³-hybridized carbons (Fsp3) is 1.00. The summed E-state index contributed by atoms with van der Waals surface area (Å²) in [5.41, 5.74) is -0.867. The lowest BCUT2D eigenvalue weighted by Crippen LogP contribution is -2.24. The molecule has 0 heterocycles. The molecule has 0 rings (SSSR count). The van der Waals surface area contributed by atoms with E-state index in [0.717, 1.165) is 0 Å². The predicted octanol–water partition coefficient (Wildman–Crippen LogP) is 3.83. The maximum Gasteiger partial charge on any atom is 0.331 e. The van der Waals surface area contributed by atoms with Crippen molar-refractivity contribution in [3.8, 4) is 0 Å². The minimum Gasteiger partial charge on any atom is -0.303 e. The molecule has 0 bridgehead atoms. The first-order chi connectivity index (χ1) is 5.97. The Labute approximate surface area is 87.7 Å². The molecule has 0 radical (unpaired) electrons. The third-order valence-electron chi connectivity index (χ3n) is 1.21. The van der Waals surface area contributed by atoms with E-state index in [1.807, 2.05) is 48.5 Å². The smallest absolute Gasteiger partial charge is 0.303 e. The normalized spacial score (nSPS) is 14.5. The van der Waals surface area contributed by atoms with Gasteiger partial charge in [-0.2, -0.15) is 0 Å². The van der Waals surface area contributed by atoms with E-state index in [1.165, 1.54) is 0 Å². The first kappa shape index (κ1) is 14.2. The van der Waals surface area contributed by atoms with Crippen LogP contribution in [0.25, 0.3) is 0 Å². The lowest BCUT2D eigenvalue weighted by Gasteiger charge is -2.31. The van der Waals surface area contributed by atoms with E-state index in [1.54, 1.807) is 0 Å².